The monoisotopic (exact) mass is 282 g/mol. The maximum Gasteiger partial charge on any atom is 0.248 e. The number of hydrogen-bond donors (Lipinski definition) is 2. The molecule has 0 aliphatic rings. The number of nitrogens with two attached hydrogens (primary N) is 1. The molecule has 0 spiro atoms. The molecule has 88 valence electrons. The van der Waals surface area contributed by atoms with Crippen molar-refractivity contribution >= 4 is 44.8 Å². The third kappa shape index (κ3) is 3.26. The summed E-state index contributed by atoms with van der Waals surface area (Å²) in [4.78, 5) is 10.9. The number of carbonyl (C=O) groups excluding carboxylic acids is 1. The fraction of sp³-hybridized carbons (Fsp3) is 0.125. The van der Waals surface area contributed by atoms with Gasteiger partial charge in [0.15, 0.2) is 0 Å². The summed E-state index contributed by atoms with van der Waals surface area (Å²) < 4.78 is 24.5. The first kappa shape index (κ1) is 13.1. The zero-order chi connectivity index (χ0) is 12.3. The zero-order valence-electron chi connectivity index (χ0n) is 7.91. The molecule has 1 rings (SSSR count). The standard InChI is InChI=1S/C8H8Cl2N2O3S/c9-4-16(14,15)12-7-3-5(8(11)13)1-2-6(7)10/h1-3,12H,4H2,(H2,11,13). The Balaban J connectivity index is 3.13. The van der Waals surface area contributed by atoms with Crippen LogP contribution in [0.25, 0.3) is 0 Å². The van der Waals surface area contributed by atoms with E-state index in [9.17, 15) is 13.2 Å². The van der Waals surface area contributed by atoms with Crippen LogP contribution in [0.4, 0.5) is 5.69 Å². The average Bonchev–Trinajstić information content (AvgIpc) is 2.21. The van der Waals surface area contributed by atoms with Crippen molar-refractivity contribution in [2.24, 2.45) is 5.73 Å². The number of anilines is 1. The Morgan fingerprint density at radius 2 is 2.06 bits per heavy atom. The number of amides is 1. The minimum atomic E-state index is -3.66. The Labute approximate surface area is 103 Å². The summed E-state index contributed by atoms with van der Waals surface area (Å²) in [6.45, 7) is 0. The van der Waals surface area contributed by atoms with Crippen molar-refractivity contribution in [3.63, 3.8) is 0 Å². The molecule has 0 bridgehead atoms. The smallest absolute Gasteiger partial charge is 0.248 e. The van der Waals surface area contributed by atoms with E-state index < -0.39 is 21.1 Å². The zero-order valence-corrected chi connectivity index (χ0v) is 10.2. The van der Waals surface area contributed by atoms with Crippen molar-refractivity contribution in [2.45, 2.75) is 0 Å². The largest absolute Gasteiger partial charge is 0.366 e. The van der Waals surface area contributed by atoms with Crippen molar-refractivity contribution in [1.29, 1.82) is 0 Å². The van der Waals surface area contributed by atoms with Gasteiger partial charge in [0, 0.05) is 5.56 Å². The topological polar surface area (TPSA) is 89.3 Å². The van der Waals surface area contributed by atoms with E-state index >= 15 is 0 Å². The molecule has 0 aliphatic carbocycles. The second kappa shape index (κ2) is 4.90. The Bertz CT molecular complexity index is 516. The van der Waals surface area contributed by atoms with Crippen LogP contribution in [0.15, 0.2) is 18.2 Å². The second-order valence-corrected chi connectivity index (χ2v) is 5.60. The predicted octanol–water partition coefficient (Wildman–Crippen LogP) is 1.38. The first-order valence-corrected chi connectivity index (χ1v) is 6.58. The molecule has 0 saturated carbocycles. The number of alkyl halides is 1. The minimum Gasteiger partial charge on any atom is -0.366 e. The molecule has 0 unspecified atom stereocenters. The Kier molecular flexibility index (Phi) is 4.01. The van der Waals surface area contributed by atoms with Gasteiger partial charge in [-0.05, 0) is 18.2 Å². The van der Waals surface area contributed by atoms with Gasteiger partial charge in [0.2, 0.25) is 15.9 Å². The minimum absolute atomic E-state index is 0.0682. The molecule has 5 nitrogen and oxygen atoms in total. The molecule has 8 heteroatoms. The van der Waals surface area contributed by atoms with Gasteiger partial charge in [-0.15, -0.1) is 11.6 Å². The Morgan fingerprint density at radius 1 is 1.44 bits per heavy atom. The molecular weight excluding hydrogens is 275 g/mol. The van der Waals surface area contributed by atoms with E-state index in [0.717, 1.165) is 0 Å². The Hall–Kier alpha value is -0.980. The van der Waals surface area contributed by atoms with Crippen molar-refractivity contribution in [2.75, 3.05) is 9.93 Å². The quantitative estimate of drug-likeness (QED) is 0.818. The van der Waals surface area contributed by atoms with E-state index in [2.05, 4.69) is 4.72 Å². The van der Waals surface area contributed by atoms with Gasteiger partial charge in [0.25, 0.3) is 0 Å². The van der Waals surface area contributed by atoms with Crippen molar-refractivity contribution in [3.8, 4) is 0 Å². The van der Waals surface area contributed by atoms with Crippen molar-refractivity contribution in [1.82, 2.24) is 0 Å². The van der Waals surface area contributed by atoms with Crippen molar-refractivity contribution in [3.05, 3.63) is 28.8 Å². The van der Waals surface area contributed by atoms with Crippen LogP contribution in [0.2, 0.25) is 5.02 Å². The summed E-state index contributed by atoms with van der Waals surface area (Å²) >= 11 is 11.0. The Morgan fingerprint density at radius 3 is 2.56 bits per heavy atom. The van der Waals surface area contributed by atoms with Crippen LogP contribution in [-0.2, 0) is 10.0 Å². The lowest BCUT2D eigenvalue weighted by molar-refractivity contribution is 0.100. The highest BCUT2D eigenvalue weighted by atomic mass is 35.5. The summed E-state index contributed by atoms with van der Waals surface area (Å²) in [5, 5.41) is -0.455. The molecule has 0 fully saturated rings. The van der Waals surface area contributed by atoms with Crippen LogP contribution < -0.4 is 10.5 Å². The highest BCUT2D eigenvalue weighted by Gasteiger charge is 2.12. The van der Waals surface area contributed by atoms with E-state index in [1.807, 2.05) is 0 Å². The first-order chi connectivity index (χ1) is 7.35. The molecule has 0 aromatic heterocycles. The summed E-state index contributed by atoms with van der Waals surface area (Å²) in [6, 6.07) is 4.01. The lowest BCUT2D eigenvalue weighted by atomic mass is 10.2. The number of halogens is 2. The third-order valence-electron chi connectivity index (χ3n) is 1.66. The normalized spacial score (nSPS) is 11.1. The van der Waals surface area contributed by atoms with E-state index in [-0.39, 0.29) is 16.3 Å². The molecule has 0 radical (unpaired) electrons. The molecule has 1 aromatic rings. The average molecular weight is 283 g/mol. The summed E-state index contributed by atoms with van der Waals surface area (Å²) in [5.74, 6) is -0.678. The number of sulfonamides is 1. The summed E-state index contributed by atoms with van der Waals surface area (Å²) in [6.07, 6.45) is 0. The number of rotatable bonds is 4. The van der Waals surface area contributed by atoms with Crippen LogP contribution in [0.5, 0.6) is 0 Å². The van der Waals surface area contributed by atoms with Crippen LogP contribution in [0.1, 0.15) is 10.4 Å². The number of nitrogens with one attached hydrogen (secondary N) is 1. The molecule has 1 aromatic carbocycles. The van der Waals surface area contributed by atoms with Crippen LogP contribution in [-0.4, -0.2) is 19.5 Å². The van der Waals surface area contributed by atoms with Gasteiger partial charge in [-0.2, -0.15) is 0 Å². The predicted molar refractivity (Wildman–Crippen MR) is 63.2 cm³/mol. The van der Waals surface area contributed by atoms with Gasteiger partial charge < -0.3 is 5.73 Å². The van der Waals surface area contributed by atoms with E-state index in [0.29, 0.717) is 0 Å². The maximum absolute atomic E-state index is 11.2. The number of primary amides is 1. The molecular formula is C8H8Cl2N2O3S. The van der Waals surface area contributed by atoms with E-state index in [4.69, 9.17) is 28.9 Å². The van der Waals surface area contributed by atoms with E-state index in [1.165, 1.54) is 18.2 Å². The molecule has 1 amide bonds. The van der Waals surface area contributed by atoms with Gasteiger partial charge in [-0.25, -0.2) is 8.42 Å². The lowest BCUT2D eigenvalue weighted by Crippen LogP contribution is -2.15. The maximum atomic E-state index is 11.2. The fourth-order valence-electron chi connectivity index (χ4n) is 0.952. The highest BCUT2D eigenvalue weighted by Crippen LogP contribution is 2.24. The van der Waals surface area contributed by atoms with Gasteiger partial charge in [-0.3, -0.25) is 9.52 Å². The summed E-state index contributed by atoms with van der Waals surface area (Å²) in [7, 11) is -3.66. The van der Waals surface area contributed by atoms with Crippen molar-refractivity contribution < 1.29 is 13.2 Å². The van der Waals surface area contributed by atoms with Crippen LogP contribution >= 0.6 is 23.2 Å². The lowest BCUT2D eigenvalue weighted by Gasteiger charge is -2.08. The molecule has 16 heavy (non-hydrogen) atoms. The molecule has 3 N–H and O–H groups in total. The molecule has 0 atom stereocenters. The molecule has 0 heterocycles. The second-order valence-electron chi connectivity index (χ2n) is 2.88. The SMILES string of the molecule is NC(=O)c1ccc(Cl)c(NS(=O)(=O)CCl)c1. The molecule has 0 saturated heterocycles. The van der Waals surface area contributed by atoms with E-state index in [1.54, 1.807) is 0 Å². The number of carbonyl (C=O) groups is 1. The van der Waals surface area contributed by atoms with Gasteiger partial charge >= 0.3 is 0 Å². The number of hydrogen-bond acceptors (Lipinski definition) is 3. The van der Waals surface area contributed by atoms with Gasteiger partial charge in [0.1, 0.15) is 5.21 Å². The fourth-order valence-corrected chi connectivity index (χ4v) is 1.89. The van der Waals surface area contributed by atoms with Crippen LogP contribution in [0.3, 0.4) is 0 Å². The third-order valence-corrected chi connectivity index (χ3v) is 3.67. The van der Waals surface area contributed by atoms with Gasteiger partial charge in [-0.1, -0.05) is 11.6 Å². The highest BCUT2D eigenvalue weighted by molar-refractivity contribution is 7.93. The van der Waals surface area contributed by atoms with Crippen LogP contribution in [0, 0.1) is 0 Å². The summed E-state index contributed by atoms with van der Waals surface area (Å²) in [5.41, 5.74) is 5.26. The number of benzene rings is 1. The molecule has 0 aliphatic heterocycles. The first-order valence-electron chi connectivity index (χ1n) is 4.01. The van der Waals surface area contributed by atoms with Gasteiger partial charge in [0.05, 0.1) is 10.7 Å².